The van der Waals surface area contributed by atoms with Crippen molar-refractivity contribution in [2.24, 2.45) is 43.3 Å². The number of carbonyl (C=O) groups excluding carboxylic acids is 8. The third-order valence-corrected chi connectivity index (χ3v) is 9.65. The molecule has 0 aliphatic rings. The summed E-state index contributed by atoms with van der Waals surface area (Å²) in [5, 5.41) is 71.3. The van der Waals surface area contributed by atoms with Crippen LogP contribution in [0.5, 0.6) is 0 Å². The SMILES string of the molecule is CC(C)(C)C(=O)CC(=O)C(C)(C)[C-](O)O.CC(C)(C)C(=O)CC(=O)C(C)(C)[C-](O)O.CC(C)(C)C(=O)CC(=O)C(C)(C)[C-](O)O.CC(C)(C)C(=O)CC(=O)C(C)(C)[C-](O)O.[Zr+4]. The number of Topliss-reactive ketones (excluding diaryl/α,β-unsaturated/α-hetero) is 8. The Bertz CT molecular complexity index is 1260. The minimum Gasteiger partial charge on any atom is -0.535 e. The van der Waals surface area contributed by atoms with E-state index >= 15 is 0 Å². The van der Waals surface area contributed by atoms with Gasteiger partial charge in [0, 0.05) is 21.7 Å². The maximum atomic E-state index is 11.6. The standard InChI is InChI=1S/4C11H19O4.Zr/c4*1-10(2,3)7(12)6-8(13)11(4,5)9(14)15;/h4*14-15H,6H2,1-5H3;/q4*-1;+4. The number of carbonyl (C=O) groups is 8. The first kappa shape index (κ1) is 68.0. The van der Waals surface area contributed by atoms with Gasteiger partial charge in [-0.3, -0.25) is 19.2 Å². The van der Waals surface area contributed by atoms with Gasteiger partial charge in [0.25, 0.3) is 0 Å². The molecule has 0 aromatic rings. The van der Waals surface area contributed by atoms with Crippen molar-refractivity contribution in [2.45, 2.75) is 164 Å². The van der Waals surface area contributed by atoms with E-state index < -0.39 is 91.6 Å². The van der Waals surface area contributed by atoms with E-state index in [0.717, 1.165) is 0 Å². The summed E-state index contributed by atoms with van der Waals surface area (Å²) in [6, 6.07) is 0. The quantitative estimate of drug-likeness (QED) is 0.0557. The largest absolute Gasteiger partial charge is 4.00 e. The topological polar surface area (TPSA) is 298 Å². The number of aliphatic hydroxyl groups excluding tert-OH is 4. The van der Waals surface area contributed by atoms with E-state index in [-0.39, 0.29) is 75.0 Å². The van der Waals surface area contributed by atoms with Crippen LogP contribution in [0.2, 0.25) is 0 Å². The Morgan fingerprint density at radius 1 is 0.262 bits per heavy atom. The summed E-state index contributed by atoms with van der Waals surface area (Å²) >= 11 is 0. The Kier molecular flexibility index (Phi) is 28.3. The summed E-state index contributed by atoms with van der Waals surface area (Å²) in [7, 11) is 0. The van der Waals surface area contributed by atoms with Crippen LogP contribution in [0.4, 0.5) is 0 Å². The maximum Gasteiger partial charge on any atom is 4.00 e. The zero-order valence-electron chi connectivity index (χ0n) is 40.2. The molecule has 0 aromatic carbocycles. The molecule has 17 heteroatoms. The van der Waals surface area contributed by atoms with Crippen LogP contribution in [-0.4, -0.2) is 87.1 Å². The molecule has 0 aliphatic carbocycles. The fourth-order valence-electron chi connectivity index (χ4n) is 3.03. The van der Waals surface area contributed by atoms with E-state index in [1.54, 1.807) is 83.1 Å². The maximum absolute atomic E-state index is 11.6. The molecule has 61 heavy (non-hydrogen) atoms. The van der Waals surface area contributed by atoms with Gasteiger partial charge in [0.05, 0.1) is 25.7 Å². The van der Waals surface area contributed by atoms with Gasteiger partial charge in [-0.25, -0.2) is 0 Å². The normalized spacial score (nSPS) is 12.9. The molecule has 0 bridgehead atoms. The van der Waals surface area contributed by atoms with Crippen molar-refractivity contribution in [3.8, 4) is 0 Å². The molecule has 0 heterocycles. The van der Waals surface area contributed by atoms with Crippen LogP contribution < -0.4 is 0 Å². The average molecular weight is 952 g/mol. The smallest absolute Gasteiger partial charge is 0.535 e. The van der Waals surface area contributed by atoms with E-state index in [2.05, 4.69) is 0 Å². The molecule has 0 rings (SSSR count). The van der Waals surface area contributed by atoms with Gasteiger partial charge in [-0.15, -0.1) is 0 Å². The molecule has 0 aromatic heterocycles. The Morgan fingerprint density at radius 3 is 0.426 bits per heavy atom. The van der Waals surface area contributed by atoms with E-state index in [1.807, 2.05) is 0 Å². The summed E-state index contributed by atoms with van der Waals surface area (Å²) in [6.07, 6.45) is -4.91. The molecule has 16 nitrogen and oxygen atoms in total. The summed E-state index contributed by atoms with van der Waals surface area (Å²) in [6.45, 7) is 31.6. The van der Waals surface area contributed by atoms with E-state index in [0.29, 0.717) is 0 Å². The Hall–Kier alpha value is -2.08. The Labute approximate surface area is 382 Å². The van der Waals surface area contributed by atoms with Crippen LogP contribution >= 0.6 is 0 Å². The minimum absolute atomic E-state index is 0. The van der Waals surface area contributed by atoms with Crippen LogP contribution in [0.25, 0.3) is 0 Å². The number of aliphatic hydroxyl groups is 8. The second-order valence-corrected chi connectivity index (χ2v) is 20.9. The van der Waals surface area contributed by atoms with Crippen molar-refractivity contribution in [3.05, 3.63) is 25.2 Å². The van der Waals surface area contributed by atoms with Crippen LogP contribution in [0.1, 0.15) is 164 Å². The van der Waals surface area contributed by atoms with Crippen molar-refractivity contribution in [2.75, 3.05) is 0 Å². The number of ketones is 8. The summed E-state index contributed by atoms with van der Waals surface area (Å²) in [5.74, 6) is -2.76. The first-order chi connectivity index (χ1) is 26.0. The average Bonchev–Trinajstić information content (AvgIpc) is 3.03. The van der Waals surface area contributed by atoms with Gasteiger partial charge in [0.1, 0.15) is 46.3 Å². The van der Waals surface area contributed by atoms with Crippen LogP contribution in [0, 0.1) is 68.5 Å². The van der Waals surface area contributed by atoms with Gasteiger partial charge in [-0.1, -0.05) is 185 Å². The van der Waals surface area contributed by atoms with Gasteiger partial charge >= 0.3 is 26.2 Å². The zero-order chi connectivity index (χ0) is 49.8. The van der Waals surface area contributed by atoms with Crippen molar-refractivity contribution in [1.29, 1.82) is 0 Å². The van der Waals surface area contributed by atoms with Crippen molar-refractivity contribution in [1.82, 2.24) is 0 Å². The van der Waals surface area contributed by atoms with Crippen LogP contribution in [0.3, 0.4) is 0 Å². The van der Waals surface area contributed by atoms with E-state index in [1.165, 1.54) is 55.4 Å². The summed E-state index contributed by atoms with van der Waals surface area (Å²) < 4.78 is 0. The molecule has 0 fully saturated rings. The summed E-state index contributed by atoms with van der Waals surface area (Å²) in [5.41, 5.74) is -7.84. The molecule has 352 valence electrons. The van der Waals surface area contributed by atoms with Gasteiger partial charge in [-0.05, 0) is 0 Å². The van der Waals surface area contributed by atoms with Gasteiger partial charge < -0.3 is 60.0 Å². The van der Waals surface area contributed by atoms with E-state index in [4.69, 9.17) is 40.9 Å². The van der Waals surface area contributed by atoms with Crippen molar-refractivity contribution in [3.63, 3.8) is 0 Å². The summed E-state index contributed by atoms with van der Waals surface area (Å²) in [4.78, 5) is 92.6. The molecule has 0 atom stereocenters. The molecule has 0 saturated carbocycles. The fourth-order valence-corrected chi connectivity index (χ4v) is 3.03. The van der Waals surface area contributed by atoms with Crippen molar-refractivity contribution < 1.29 is 105 Å². The Balaban J connectivity index is -0.000000227. The first-order valence-corrected chi connectivity index (χ1v) is 19.3. The second kappa shape index (κ2) is 25.4. The number of rotatable bonds is 16. The molecule has 8 N–H and O–H groups in total. The van der Waals surface area contributed by atoms with Gasteiger partial charge in [0.2, 0.25) is 0 Å². The fraction of sp³-hybridized carbons (Fsp3) is 0.727. The van der Waals surface area contributed by atoms with Crippen LogP contribution in [0.15, 0.2) is 0 Å². The number of hydrogen-bond acceptors (Lipinski definition) is 16. The second-order valence-electron chi connectivity index (χ2n) is 20.9. The molecular formula is C44H76O16Zr. The van der Waals surface area contributed by atoms with Crippen molar-refractivity contribution >= 4 is 46.3 Å². The zero-order valence-corrected chi connectivity index (χ0v) is 42.6. The Morgan fingerprint density at radius 2 is 0.361 bits per heavy atom. The molecule has 0 aliphatic heterocycles. The first-order valence-electron chi connectivity index (χ1n) is 19.3. The predicted molar refractivity (Wildman–Crippen MR) is 220 cm³/mol. The monoisotopic (exact) mass is 950 g/mol. The molecular weight excluding hydrogens is 876 g/mol. The van der Waals surface area contributed by atoms with Crippen LogP contribution in [-0.2, 0) is 64.6 Å². The molecule has 0 spiro atoms. The third-order valence-electron chi connectivity index (χ3n) is 9.65. The predicted octanol–water partition coefficient (Wildman–Crippen LogP) is 7.28. The number of hydrogen-bond donors (Lipinski definition) is 8. The molecule has 0 saturated heterocycles. The third kappa shape index (κ3) is 24.5. The molecule has 0 amide bonds. The van der Waals surface area contributed by atoms with Gasteiger partial charge in [0.15, 0.2) is 0 Å². The molecule has 0 radical (unpaired) electrons. The van der Waals surface area contributed by atoms with Gasteiger partial charge in [-0.2, -0.15) is 0 Å². The molecule has 0 unspecified atom stereocenters. The minimum atomic E-state index is -1.37. The van der Waals surface area contributed by atoms with E-state index in [9.17, 15) is 38.4 Å².